The minimum atomic E-state index is 0.159. The van der Waals surface area contributed by atoms with Crippen LogP contribution in [0.15, 0.2) is 30.5 Å². The second kappa shape index (κ2) is 7.39. The molecule has 0 saturated heterocycles. The molecule has 1 aliphatic carbocycles. The van der Waals surface area contributed by atoms with Crippen molar-refractivity contribution in [2.45, 2.75) is 51.5 Å². The van der Waals surface area contributed by atoms with Gasteiger partial charge in [-0.05, 0) is 57.1 Å². The first-order valence-electron chi connectivity index (χ1n) is 9.19. The molecule has 1 fully saturated rings. The summed E-state index contributed by atoms with van der Waals surface area (Å²) in [6, 6.07) is 9.16. The van der Waals surface area contributed by atoms with Gasteiger partial charge >= 0.3 is 0 Å². The molecule has 0 aliphatic heterocycles. The van der Waals surface area contributed by atoms with Crippen molar-refractivity contribution in [2.24, 2.45) is 11.7 Å². The fraction of sp³-hybridized carbons (Fsp3) is 0.550. The van der Waals surface area contributed by atoms with Crippen LogP contribution in [0.1, 0.15) is 57.1 Å². The number of nitrogens with zero attached hydrogens (tertiary/aromatic N) is 1. The van der Waals surface area contributed by atoms with Crippen molar-refractivity contribution >= 4 is 16.8 Å². The lowest BCUT2D eigenvalue weighted by Crippen LogP contribution is -2.35. The summed E-state index contributed by atoms with van der Waals surface area (Å²) in [6.45, 7) is 5.56. The third kappa shape index (κ3) is 3.34. The molecular weight excluding hydrogens is 298 g/mol. The van der Waals surface area contributed by atoms with E-state index in [-0.39, 0.29) is 11.8 Å². The molecule has 1 aromatic carbocycles. The number of benzene rings is 1. The van der Waals surface area contributed by atoms with E-state index in [4.69, 9.17) is 5.73 Å². The molecule has 0 unspecified atom stereocenters. The summed E-state index contributed by atoms with van der Waals surface area (Å²) in [7, 11) is 0. The quantitative estimate of drug-likeness (QED) is 0.882. The largest absolute Gasteiger partial charge is 0.355 e. The van der Waals surface area contributed by atoms with Crippen LogP contribution in [0.4, 0.5) is 0 Å². The number of aromatic nitrogens is 1. The molecule has 2 aromatic rings. The zero-order chi connectivity index (χ0) is 17.1. The minimum Gasteiger partial charge on any atom is -0.355 e. The second-order valence-corrected chi connectivity index (χ2v) is 7.23. The number of amides is 1. The van der Waals surface area contributed by atoms with Gasteiger partial charge in [-0.15, -0.1) is 0 Å². The maximum atomic E-state index is 12.1. The van der Waals surface area contributed by atoms with Crippen LogP contribution in [0.25, 0.3) is 10.9 Å². The molecule has 130 valence electrons. The van der Waals surface area contributed by atoms with Gasteiger partial charge in [0.05, 0.1) is 0 Å². The van der Waals surface area contributed by atoms with Gasteiger partial charge in [-0.3, -0.25) is 4.79 Å². The van der Waals surface area contributed by atoms with Crippen molar-refractivity contribution in [3.05, 3.63) is 36.0 Å². The lowest BCUT2D eigenvalue weighted by Gasteiger charge is -2.27. The Balaban J connectivity index is 1.75. The van der Waals surface area contributed by atoms with E-state index in [1.54, 1.807) is 0 Å². The van der Waals surface area contributed by atoms with Crippen LogP contribution < -0.4 is 11.1 Å². The number of nitrogens with two attached hydrogens (primary N) is 1. The van der Waals surface area contributed by atoms with Crippen molar-refractivity contribution in [3.63, 3.8) is 0 Å². The monoisotopic (exact) mass is 327 g/mol. The molecule has 4 nitrogen and oxygen atoms in total. The molecule has 0 atom stereocenters. The number of nitrogens with one attached hydrogen (secondary N) is 1. The average Bonchev–Trinajstić information content (AvgIpc) is 3.00. The summed E-state index contributed by atoms with van der Waals surface area (Å²) in [4.78, 5) is 12.1. The normalized spacial score (nSPS) is 21.3. The van der Waals surface area contributed by atoms with E-state index in [0.29, 0.717) is 25.0 Å². The van der Waals surface area contributed by atoms with Gasteiger partial charge in [0.1, 0.15) is 0 Å². The summed E-state index contributed by atoms with van der Waals surface area (Å²) >= 11 is 0. The van der Waals surface area contributed by atoms with Crippen LogP contribution in [-0.2, 0) is 4.79 Å². The predicted octanol–water partition coefficient (Wildman–Crippen LogP) is 3.57. The van der Waals surface area contributed by atoms with E-state index in [2.05, 4.69) is 54.2 Å². The van der Waals surface area contributed by atoms with Crippen molar-refractivity contribution in [1.82, 2.24) is 9.88 Å². The maximum absolute atomic E-state index is 12.1. The summed E-state index contributed by atoms with van der Waals surface area (Å²) < 4.78 is 2.38. The van der Waals surface area contributed by atoms with E-state index in [1.165, 1.54) is 16.5 Å². The third-order valence-electron chi connectivity index (χ3n) is 5.31. The predicted molar refractivity (Wildman–Crippen MR) is 99.1 cm³/mol. The molecule has 1 amide bonds. The highest BCUT2D eigenvalue weighted by atomic mass is 16.1. The van der Waals surface area contributed by atoms with Gasteiger partial charge in [0.15, 0.2) is 0 Å². The molecule has 0 radical (unpaired) electrons. The van der Waals surface area contributed by atoms with Crippen LogP contribution >= 0.6 is 0 Å². The van der Waals surface area contributed by atoms with Gasteiger partial charge < -0.3 is 15.6 Å². The van der Waals surface area contributed by atoms with Crippen LogP contribution in [0.5, 0.6) is 0 Å². The van der Waals surface area contributed by atoms with E-state index >= 15 is 0 Å². The van der Waals surface area contributed by atoms with Crippen LogP contribution in [0.2, 0.25) is 0 Å². The standard InChI is InChI=1S/C20H29N3O/c1-14(2)23-13-18(17-5-3-4-6-19(17)23)15-7-9-16(10-8-15)20(24)22-12-11-21/h3-6,13-16H,7-12,21H2,1-2H3,(H,22,24). The van der Waals surface area contributed by atoms with E-state index in [9.17, 15) is 4.79 Å². The molecule has 0 bridgehead atoms. The Morgan fingerprint density at radius 2 is 1.96 bits per heavy atom. The summed E-state index contributed by atoms with van der Waals surface area (Å²) in [5.41, 5.74) is 8.25. The van der Waals surface area contributed by atoms with E-state index < -0.39 is 0 Å². The number of fused-ring (bicyclic) bond motifs is 1. The molecule has 3 N–H and O–H groups in total. The van der Waals surface area contributed by atoms with Gasteiger partial charge in [-0.1, -0.05) is 18.2 Å². The number of hydrogen-bond donors (Lipinski definition) is 2. The molecule has 24 heavy (non-hydrogen) atoms. The Bertz CT molecular complexity index is 696. The lowest BCUT2D eigenvalue weighted by atomic mass is 9.78. The van der Waals surface area contributed by atoms with Crippen molar-refractivity contribution in [1.29, 1.82) is 0 Å². The van der Waals surface area contributed by atoms with E-state index in [1.807, 2.05) is 0 Å². The highest BCUT2D eigenvalue weighted by Gasteiger charge is 2.28. The molecule has 1 heterocycles. The van der Waals surface area contributed by atoms with Gasteiger partial charge in [0.25, 0.3) is 0 Å². The highest BCUT2D eigenvalue weighted by molar-refractivity contribution is 5.85. The summed E-state index contributed by atoms with van der Waals surface area (Å²) in [5.74, 6) is 0.906. The summed E-state index contributed by atoms with van der Waals surface area (Å²) in [5, 5.41) is 4.31. The first kappa shape index (κ1) is 17.0. The maximum Gasteiger partial charge on any atom is 0.223 e. The molecule has 4 heteroatoms. The van der Waals surface area contributed by atoms with Gasteiger partial charge in [0.2, 0.25) is 5.91 Å². The molecule has 1 aromatic heterocycles. The fourth-order valence-corrected chi connectivity index (χ4v) is 3.99. The molecule has 1 saturated carbocycles. The number of rotatable bonds is 5. The zero-order valence-corrected chi connectivity index (χ0v) is 14.8. The average molecular weight is 327 g/mol. The fourth-order valence-electron chi connectivity index (χ4n) is 3.99. The van der Waals surface area contributed by atoms with Crippen LogP contribution in [0, 0.1) is 5.92 Å². The first-order valence-corrected chi connectivity index (χ1v) is 9.19. The van der Waals surface area contributed by atoms with Gasteiger partial charge in [-0.25, -0.2) is 0 Å². The summed E-state index contributed by atoms with van der Waals surface area (Å²) in [6.07, 6.45) is 6.47. The van der Waals surface area contributed by atoms with E-state index in [0.717, 1.165) is 25.7 Å². The third-order valence-corrected chi connectivity index (χ3v) is 5.31. The van der Waals surface area contributed by atoms with Crippen LogP contribution in [0.3, 0.4) is 0 Å². The molecule has 3 rings (SSSR count). The first-order chi connectivity index (χ1) is 11.6. The Morgan fingerprint density at radius 1 is 1.25 bits per heavy atom. The number of carbonyl (C=O) groups excluding carboxylic acids is 1. The smallest absolute Gasteiger partial charge is 0.223 e. The highest BCUT2D eigenvalue weighted by Crippen LogP contribution is 2.40. The number of carbonyl (C=O) groups is 1. The Hall–Kier alpha value is -1.81. The SMILES string of the molecule is CC(C)n1cc(C2CCC(C(=O)NCCN)CC2)c2ccccc21. The second-order valence-electron chi connectivity index (χ2n) is 7.23. The number of para-hydroxylation sites is 1. The van der Waals surface area contributed by atoms with Gasteiger partial charge in [-0.2, -0.15) is 0 Å². The molecule has 0 spiro atoms. The van der Waals surface area contributed by atoms with Crippen molar-refractivity contribution in [3.8, 4) is 0 Å². The topological polar surface area (TPSA) is 60.0 Å². The molecular formula is C20H29N3O. The lowest BCUT2D eigenvalue weighted by molar-refractivity contribution is -0.125. The Kier molecular flexibility index (Phi) is 5.24. The molecule has 1 aliphatic rings. The minimum absolute atomic E-state index is 0.159. The number of hydrogen-bond acceptors (Lipinski definition) is 2. The Labute approximate surface area is 144 Å². The van der Waals surface area contributed by atoms with Crippen molar-refractivity contribution in [2.75, 3.05) is 13.1 Å². The van der Waals surface area contributed by atoms with Gasteiger partial charge in [0, 0.05) is 42.1 Å². The zero-order valence-electron chi connectivity index (χ0n) is 14.8. The van der Waals surface area contributed by atoms with Crippen molar-refractivity contribution < 1.29 is 4.79 Å². The van der Waals surface area contributed by atoms with Crippen LogP contribution in [-0.4, -0.2) is 23.6 Å². The Morgan fingerprint density at radius 3 is 2.62 bits per heavy atom.